The number of pyridine rings is 1. The number of anilines is 1. The largest absolute Gasteiger partial charge is 0.494 e. The fourth-order valence-corrected chi connectivity index (χ4v) is 3.50. The van der Waals surface area contributed by atoms with E-state index in [9.17, 15) is 4.79 Å². The van der Waals surface area contributed by atoms with Crippen LogP contribution in [0.25, 0.3) is 11.1 Å². The Morgan fingerprint density at radius 1 is 1.21 bits per heavy atom. The Kier molecular flexibility index (Phi) is 7.32. The van der Waals surface area contributed by atoms with Gasteiger partial charge in [0, 0.05) is 29.7 Å². The van der Waals surface area contributed by atoms with Crippen molar-refractivity contribution >= 4 is 37.5 Å². The molecule has 2 aromatic heterocycles. The summed E-state index contributed by atoms with van der Waals surface area (Å²) < 4.78 is 7.34. The van der Waals surface area contributed by atoms with Gasteiger partial charge in [0.05, 0.1) is 18.8 Å². The zero-order valence-electron chi connectivity index (χ0n) is 16.6. The van der Waals surface area contributed by atoms with Crippen LogP contribution < -0.4 is 9.64 Å². The minimum Gasteiger partial charge on any atom is -0.494 e. The Morgan fingerprint density at radius 2 is 1.93 bits per heavy atom. The molecule has 0 spiro atoms. The van der Waals surface area contributed by atoms with E-state index < -0.39 is 0 Å². The summed E-state index contributed by atoms with van der Waals surface area (Å²) >= 11 is 0. The van der Waals surface area contributed by atoms with Crippen molar-refractivity contribution < 1.29 is 9.53 Å². The Labute approximate surface area is 183 Å². The minimum atomic E-state index is -0.0424. The molecular formula is C21H25ClN4O2S. The molecule has 0 saturated heterocycles. The van der Waals surface area contributed by atoms with E-state index in [-0.39, 0.29) is 37.9 Å². The van der Waals surface area contributed by atoms with Crippen LogP contribution in [-0.4, -0.2) is 33.8 Å². The van der Waals surface area contributed by atoms with Gasteiger partial charge in [-0.05, 0) is 62.7 Å². The molecule has 3 aromatic rings. The molecule has 0 saturated carbocycles. The van der Waals surface area contributed by atoms with Gasteiger partial charge in [0.15, 0.2) is 0 Å². The monoisotopic (exact) mass is 432 g/mol. The number of carbonyl (C=O) groups excluding carboxylic acids is 1. The molecule has 0 N–H and O–H groups in total. The lowest BCUT2D eigenvalue weighted by atomic mass is 10.0. The van der Waals surface area contributed by atoms with E-state index in [1.807, 2.05) is 59.8 Å². The highest BCUT2D eigenvalue weighted by molar-refractivity contribution is 7.59. The quantitative estimate of drug-likeness (QED) is 0.612. The van der Waals surface area contributed by atoms with E-state index in [2.05, 4.69) is 17.0 Å². The van der Waals surface area contributed by atoms with Crippen LogP contribution in [0.4, 0.5) is 5.69 Å². The molecule has 1 atom stereocenters. The van der Waals surface area contributed by atoms with Crippen LogP contribution in [0.15, 0.2) is 48.8 Å². The standard InChI is InChI=1S/C21H22N4O2.ClH.H2S/c1-4-27-18-7-5-17(6-8-18)24-13-15(3)25-20(21(24)26)19(12-23-25)16-9-10-22-14(2)11-16;;/h5-12,15H,4,13H2,1-3H3;1H;1H2/t15-;;/m0../s1. The molecule has 0 fully saturated rings. The number of carbonyl (C=O) groups is 1. The van der Waals surface area contributed by atoms with Crippen LogP contribution in [-0.2, 0) is 0 Å². The number of hydrogen-bond donors (Lipinski definition) is 0. The van der Waals surface area contributed by atoms with Gasteiger partial charge in [-0.2, -0.15) is 18.6 Å². The van der Waals surface area contributed by atoms with Crippen LogP contribution in [0.5, 0.6) is 5.75 Å². The van der Waals surface area contributed by atoms with E-state index in [0.29, 0.717) is 18.8 Å². The van der Waals surface area contributed by atoms with Crippen LogP contribution in [0, 0.1) is 6.92 Å². The second-order valence-corrected chi connectivity index (χ2v) is 6.73. The zero-order chi connectivity index (χ0) is 19.0. The van der Waals surface area contributed by atoms with Crippen molar-refractivity contribution in [2.75, 3.05) is 18.1 Å². The fourth-order valence-electron chi connectivity index (χ4n) is 3.50. The van der Waals surface area contributed by atoms with Gasteiger partial charge in [0.1, 0.15) is 11.4 Å². The highest BCUT2D eigenvalue weighted by atomic mass is 35.5. The van der Waals surface area contributed by atoms with Crippen molar-refractivity contribution in [2.45, 2.75) is 26.8 Å². The second-order valence-electron chi connectivity index (χ2n) is 6.73. The van der Waals surface area contributed by atoms with Crippen molar-refractivity contribution in [1.29, 1.82) is 0 Å². The molecule has 1 aliphatic rings. The molecule has 6 nitrogen and oxygen atoms in total. The summed E-state index contributed by atoms with van der Waals surface area (Å²) in [5, 5.41) is 4.49. The van der Waals surface area contributed by atoms with Crippen molar-refractivity contribution in [3.05, 3.63) is 60.2 Å². The van der Waals surface area contributed by atoms with Gasteiger partial charge < -0.3 is 9.64 Å². The average molecular weight is 433 g/mol. The van der Waals surface area contributed by atoms with Crippen LogP contribution in [0.3, 0.4) is 0 Å². The number of aryl methyl sites for hydroxylation is 1. The van der Waals surface area contributed by atoms with E-state index in [1.165, 1.54) is 0 Å². The van der Waals surface area contributed by atoms with Gasteiger partial charge in [0.25, 0.3) is 5.91 Å². The zero-order valence-corrected chi connectivity index (χ0v) is 18.4. The number of benzene rings is 1. The molecule has 4 rings (SSSR count). The highest BCUT2D eigenvalue weighted by Gasteiger charge is 2.33. The van der Waals surface area contributed by atoms with Crippen LogP contribution in [0.2, 0.25) is 0 Å². The number of hydrogen-bond acceptors (Lipinski definition) is 4. The molecule has 1 amide bonds. The Bertz CT molecular complexity index is 991. The number of ether oxygens (including phenoxy) is 1. The summed E-state index contributed by atoms with van der Waals surface area (Å²) in [4.78, 5) is 19.4. The van der Waals surface area contributed by atoms with E-state index in [0.717, 1.165) is 28.3 Å². The molecule has 1 aliphatic heterocycles. The van der Waals surface area contributed by atoms with Gasteiger partial charge >= 0.3 is 0 Å². The number of nitrogens with zero attached hydrogens (tertiary/aromatic N) is 4. The molecule has 0 aliphatic carbocycles. The van der Waals surface area contributed by atoms with Crippen LogP contribution in [0.1, 0.15) is 36.1 Å². The fraction of sp³-hybridized carbons (Fsp3) is 0.286. The molecule has 3 heterocycles. The van der Waals surface area contributed by atoms with E-state index in [4.69, 9.17) is 4.74 Å². The summed E-state index contributed by atoms with van der Waals surface area (Å²) in [6, 6.07) is 11.6. The number of aromatic nitrogens is 3. The van der Waals surface area contributed by atoms with Crippen molar-refractivity contribution in [3.63, 3.8) is 0 Å². The summed E-state index contributed by atoms with van der Waals surface area (Å²) in [5.41, 5.74) is 4.19. The van der Waals surface area contributed by atoms with Gasteiger partial charge in [-0.15, -0.1) is 12.4 Å². The SMILES string of the molecule is CCOc1ccc(N2C[C@H](C)n3ncc(-c4ccnc(C)c4)c3C2=O)cc1.Cl.S. The first-order chi connectivity index (χ1) is 13.1. The summed E-state index contributed by atoms with van der Waals surface area (Å²) in [6.45, 7) is 7.17. The molecule has 0 bridgehead atoms. The van der Waals surface area contributed by atoms with E-state index >= 15 is 0 Å². The lowest BCUT2D eigenvalue weighted by molar-refractivity contribution is 0.0954. The first kappa shape index (κ1) is 22.8. The van der Waals surface area contributed by atoms with E-state index in [1.54, 1.807) is 12.4 Å². The maximum atomic E-state index is 13.3. The molecule has 154 valence electrons. The van der Waals surface area contributed by atoms with Crippen molar-refractivity contribution in [1.82, 2.24) is 14.8 Å². The summed E-state index contributed by atoms with van der Waals surface area (Å²) in [7, 11) is 0. The molecule has 0 radical (unpaired) electrons. The predicted molar refractivity (Wildman–Crippen MR) is 122 cm³/mol. The number of halogens is 1. The maximum Gasteiger partial charge on any atom is 0.277 e. The second kappa shape index (κ2) is 9.33. The predicted octanol–water partition coefficient (Wildman–Crippen LogP) is 4.41. The average Bonchev–Trinajstić information content (AvgIpc) is 3.12. The molecule has 0 unspecified atom stereocenters. The highest BCUT2D eigenvalue weighted by Crippen LogP contribution is 2.33. The first-order valence-electron chi connectivity index (χ1n) is 9.13. The lowest BCUT2D eigenvalue weighted by Gasteiger charge is -2.32. The topological polar surface area (TPSA) is 60.2 Å². The van der Waals surface area contributed by atoms with Gasteiger partial charge in [0.2, 0.25) is 0 Å². The normalized spacial score (nSPS) is 15.2. The first-order valence-corrected chi connectivity index (χ1v) is 9.13. The third kappa shape index (κ3) is 4.26. The van der Waals surface area contributed by atoms with Gasteiger partial charge in [-0.3, -0.25) is 14.5 Å². The Morgan fingerprint density at radius 3 is 2.59 bits per heavy atom. The summed E-state index contributed by atoms with van der Waals surface area (Å²) in [6.07, 6.45) is 3.54. The van der Waals surface area contributed by atoms with Gasteiger partial charge in [-0.1, -0.05) is 0 Å². The summed E-state index contributed by atoms with van der Waals surface area (Å²) in [5.74, 6) is 0.760. The lowest BCUT2D eigenvalue weighted by Crippen LogP contribution is -2.42. The molecular weight excluding hydrogens is 408 g/mol. The maximum absolute atomic E-state index is 13.3. The van der Waals surface area contributed by atoms with Crippen molar-refractivity contribution in [2.24, 2.45) is 0 Å². The number of amides is 1. The third-order valence-corrected chi connectivity index (χ3v) is 4.77. The molecule has 29 heavy (non-hydrogen) atoms. The minimum absolute atomic E-state index is 0. The molecule has 1 aromatic carbocycles. The van der Waals surface area contributed by atoms with Crippen molar-refractivity contribution in [3.8, 4) is 16.9 Å². The Hall–Kier alpha value is -2.51. The Balaban J connectivity index is 0.00000150. The van der Waals surface area contributed by atoms with Gasteiger partial charge in [-0.25, -0.2) is 0 Å². The number of rotatable bonds is 4. The number of fused-ring (bicyclic) bond motifs is 1. The third-order valence-electron chi connectivity index (χ3n) is 4.77. The smallest absolute Gasteiger partial charge is 0.277 e. The molecule has 8 heteroatoms. The van der Waals surface area contributed by atoms with Crippen LogP contribution >= 0.6 is 25.9 Å².